The van der Waals surface area contributed by atoms with Crippen LogP contribution in [0, 0.1) is 5.82 Å². The highest BCUT2D eigenvalue weighted by Crippen LogP contribution is 2.28. The molecule has 0 aliphatic rings. The van der Waals surface area contributed by atoms with Gasteiger partial charge in [-0.2, -0.15) is 0 Å². The predicted octanol–water partition coefficient (Wildman–Crippen LogP) is 3.35. The zero-order valence-electron chi connectivity index (χ0n) is 8.02. The average Bonchev–Trinajstić information content (AvgIpc) is 2.14. The van der Waals surface area contributed by atoms with Crippen LogP contribution in [-0.2, 0) is 0 Å². The Kier molecular flexibility index (Phi) is 4.20. The monoisotopic (exact) mass is 261 g/mol. The molecule has 0 heterocycles. The summed E-state index contributed by atoms with van der Waals surface area (Å²) in [6, 6.07) is 2.81. The van der Waals surface area contributed by atoms with Crippen molar-refractivity contribution in [3.8, 4) is 5.75 Å². The van der Waals surface area contributed by atoms with Crippen molar-refractivity contribution in [1.29, 1.82) is 0 Å². The van der Waals surface area contributed by atoms with E-state index in [1.807, 2.05) is 0 Å². The van der Waals surface area contributed by atoms with Gasteiger partial charge < -0.3 is 10.5 Å². The Morgan fingerprint density at radius 2 is 2.21 bits per heavy atom. The zero-order chi connectivity index (χ0) is 10.6. The molecule has 0 spiro atoms. The van der Waals surface area contributed by atoms with Gasteiger partial charge >= 0.3 is 0 Å². The fraction of sp³-hybridized carbons (Fsp3) is 0.400. The van der Waals surface area contributed by atoms with Crippen molar-refractivity contribution in [2.24, 2.45) is 0 Å². The molecule has 0 aromatic heterocycles. The Morgan fingerprint density at radius 3 is 2.86 bits per heavy atom. The highest BCUT2D eigenvalue weighted by molar-refractivity contribution is 9.10. The zero-order valence-corrected chi connectivity index (χ0v) is 9.60. The predicted molar refractivity (Wildman–Crippen MR) is 58.9 cm³/mol. The van der Waals surface area contributed by atoms with Gasteiger partial charge in [-0.3, -0.25) is 0 Å². The van der Waals surface area contributed by atoms with E-state index in [4.69, 9.17) is 10.5 Å². The minimum atomic E-state index is -0.356. The molecule has 0 saturated heterocycles. The Morgan fingerprint density at radius 1 is 1.50 bits per heavy atom. The van der Waals surface area contributed by atoms with Crippen LogP contribution in [-0.4, -0.2) is 6.61 Å². The van der Waals surface area contributed by atoms with Crippen molar-refractivity contribution in [1.82, 2.24) is 0 Å². The molecule has 0 aliphatic carbocycles. The number of rotatable bonds is 4. The van der Waals surface area contributed by atoms with Crippen molar-refractivity contribution in [2.45, 2.75) is 19.8 Å². The SMILES string of the molecule is CCCCOc1cc(F)c(Br)cc1N. The number of anilines is 1. The molecule has 2 nitrogen and oxygen atoms in total. The molecule has 1 aromatic rings. The van der Waals surface area contributed by atoms with Gasteiger partial charge in [0.2, 0.25) is 0 Å². The summed E-state index contributed by atoms with van der Waals surface area (Å²) in [5, 5.41) is 0. The lowest BCUT2D eigenvalue weighted by Gasteiger charge is -2.08. The molecule has 0 fully saturated rings. The molecular formula is C10H13BrFNO. The lowest BCUT2D eigenvalue weighted by molar-refractivity contribution is 0.309. The fourth-order valence-corrected chi connectivity index (χ4v) is 1.36. The van der Waals surface area contributed by atoms with E-state index in [2.05, 4.69) is 22.9 Å². The van der Waals surface area contributed by atoms with E-state index in [1.165, 1.54) is 12.1 Å². The normalized spacial score (nSPS) is 10.2. The van der Waals surface area contributed by atoms with Crippen molar-refractivity contribution >= 4 is 21.6 Å². The standard InChI is InChI=1S/C10H13BrFNO/c1-2-3-4-14-10-6-8(12)7(11)5-9(10)13/h5-6H,2-4,13H2,1H3. The summed E-state index contributed by atoms with van der Waals surface area (Å²) >= 11 is 3.05. The molecule has 0 atom stereocenters. The number of nitrogens with two attached hydrogens (primary N) is 1. The van der Waals surface area contributed by atoms with E-state index < -0.39 is 0 Å². The highest BCUT2D eigenvalue weighted by Gasteiger charge is 2.06. The summed E-state index contributed by atoms with van der Waals surface area (Å²) in [7, 11) is 0. The van der Waals surface area contributed by atoms with Crippen LogP contribution in [0.25, 0.3) is 0 Å². The molecule has 4 heteroatoms. The molecular weight excluding hydrogens is 249 g/mol. The van der Waals surface area contributed by atoms with Gasteiger partial charge in [0.25, 0.3) is 0 Å². The number of ether oxygens (including phenoxy) is 1. The van der Waals surface area contributed by atoms with Crippen LogP contribution in [0.15, 0.2) is 16.6 Å². The van der Waals surface area contributed by atoms with Crippen LogP contribution >= 0.6 is 15.9 Å². The summed E-state index contributed by atoms with van der Waals surface area (Å²) in [5.41, 5.74) is 6.10. The minimum Gasteiger partial charge on any atom is -0.491 e. The molecule has 0 radical (unpaired) electrons. The van der Waals surface area contributed by atoms with Gasteiger partial charge in [-0.25, -0.2) is 4.39 Å². The van der Waals surface area contributed by atoms with Gasteiger partial charge in [0, 0.05) is 6.07 Å². The van der Waals surface area contributed by atoms with Gasteiger partial charge in [0.15, 0.2) is 0 Å². The average molecular weight is 262 g/mol. The summed E-state index contributed by atoms with van der Waals surface area (Å²) in [5.74, 6) is 0.0600. The Balaban J connectivity index is 2.72. The molecule has 14 heavy (non-hydrogen) atoms. The lowest BCUT2D eigenvalue weighted by Crippen LogP contribution is -2.00. The third-order valence-electron chi connectivity index (χ3n) is 1.81. The third-order valence-corrected chi connectivity index (χ3v) is 2.42. The van der Waals surface area contributed by atoms with Crippen LogP contribution in [0.1, 0.15) is 19.8 Å². The first kappa shape index (κ1) is 11.3. The molecule has 2 N–H and O–H groups in total. The highest BCUT2D eigenvalue weighted by atomic mass is 79.9. The largest absolute Gasteiger partial charge is 0.491 e. The van der Waals surface area contributed by atoms with Crippen LogP contribution in [0.4, 0.5) is 10.1 Å². The maximum absolute atomic E-state index is 13.1. The first-order valence-electron chi connectivity index (χ1n) is 4.52. The lowest BCUT2D eigenvalue weighted by atomic mass is 10.3. The summed E-state index contributed by atoms with van der Waals surface area (Å²) in [6.07, 6.45) is 1.98. The van der Waals surface area contributed by atoms with Crippen LogP contribution in [0.5, 0.6) is 5.75 Å². The summed E-state index contributed by atoms with van der Waals surface area (Å²) < 4.78 is 18.8. The molecule has 1 aromatic carbocycles. The van der Waals surface area contributed by atoms with E-state index >= 15 is 0 Å². The first-order valence-corrected chi connectivity index (χ1v) is 5.31. The van der Waals surface area contributed by atoms with Crippen molar-refractivity contribution in [3.63, 3.8) is 0 Å². The van der Waals surface area contributed by atoms with Gasteiger partial charge in [0.1, 0.15) is 11.6 Å². The van der Waals surface area contributed by atoms with Crippen LogP contribution in [0.2, 0.25) is 0 Å². The maximum atomic E-state index is 13.1. The number of halogens is 2. The second-order valence-corrected chi connectivity index (χ2v) is 3.86. The van der Waals surface area contributed by atoms with Gasteiger partial charge in [-0.1, -0.05) is 13.3 Å². The van der Waals surface area contributed by atoms with Crippen molar-refractivity contribution < 1.29 is 9.13 Å². The Hall–Kier alpha value is -0.770. The second kappa shape index (κ2) is 5.20. The van der Waals surface area contributed by atoms with Crippen LogP contribution < -0.4 is 10.5 Å². The molecule has 0 amide bonds. The molecule has 78 valence electrons. The number of unbranched alkanes of at least 4 members (excludes halogenated alkanes) is 1. The summed E-state index contributed by atoms with van der Waals surface area (Å²) in [6.45, 7) is 2.64. The van der Waals surface area contributed by atoms with Gasteiger partial charge in [0.05, 0.1) is 16.8 Å². The van der Waals surface area contributed by atoms with Gasteiger partial charge in [-0.15, -0.1) is 0 Å². The van der Waals surface area contributed by atoms with Crippen molar-refractivity contribution in [3.05, 3.63) is 22.4 Å². The molecule has 0 unspecified atom stereocenters. The third kappa shape index (κ3) is 2.87. The topological polar surface area (TPSA) is 35.2 Å². The number of hydrogen-bond donors (Lipinski definition) is 1. The molecule has 0 saturated carbocycles. The number of benzene rings is 1. The maximum Gasteiger partial charge on any atom is 0.145 e. The minimum absolute atomic E-state index is 0.356. The summed E-state index contributed by atoms with van der Waals surface area (Å²) in [4.78, 5) is 0. The van der Waals surface area contributed by atoms with E-state index in [-0.39, 0.29) is 5.82 Å². The fourth-order valence-electron chi connectivity index (χ4n) is 0.995. The van der Waals surface area contributed by atoms with E-state index in [0.717, 1.165) is 12.8 Å². The van der Waals surface area contributed by atoms with Gasteiger partial charge in [-0.05, 0) is 28.4 Å². The quantitative estimate of drug-likeness (QED) is 0.667. The Bertz CT molecular complexity index is 317. The smallest absolute Gasteiger partial charge is 0.145 e. The molecule has 1 rings (SSSR count). The van der Waals surface area contributed by atoms with Crippen LogP contribution in [0.3, 0.4) is 0 Å². The van der Waals surface area contributed by atoms with Crippen molar-refractivity contribution in [2.75, 3.05) is 12.3 Å². The number of hydrogen-bond acceptors (Lipinski definition) is 2. The van der Waals surface area contributed by atoms with E-state index in [0.29, 0.717) is 22.5 Å². The van der Waals surface area contributed by atoms with E-state index in [1.54, 1.807) is 0 Å². The number of nitrogen functional groups attached to an aromatic ring is 1. The first-order chi connectivity index (χ1) is 6.65. The Labute approximate surface area is 91.4 Å². The molecule has 0 aliphatic heterocycles. The van der Waals surface area contributed by atoms with E-state index in [9.17, 15) is 4.39 Å². The molecule has 0 bridgehead atoms. The second-order valence-electron chi connectivity index (χ2n) is 3.01.